The molecule has 0 heterocycles. The van der Waals surface area contributed by atoms with Crippen molar-refractivity contribution in [3.63, 3.8) is 0 Å². The van der Waals surface area contributed by atoms with Crippen LogP contribution in [0.25, 0.3) is 10.8 Å². The standard InChI is InChI=1S/C16H19Cl/c1-16(2,3)15(17)11-12-8-9-13-6-4-5-7-14(13)10-12/h4-10,15H,11H2,1-3H3. The van der Waals surface area contributed by atoms with Gasteiger partial charge in [-0.2, -0.15) is 0 Å². The molecular weight excluding hydrogens is 228 g/mol. The lowest BCUT2D eigenvalue weighted by Gasteiger charge is -2.25. The second-order valence-corrected chi connectivity index (χ2v) is 6.25. The van der Waals surface area contributed by atoms with Gasteiger partial charge in [0.25, 0.3) is 0 Å². The summed E-state index contributed by atoms with van der Waals surface area (Å²) in [5, 5.41) is 2.75. The molecule has 1 heteroatoms. The van der Waals surface area contributed by atoms with Crippen molar-refractivity contribution in [2.24, 2.45) is 5.41 Å². The fraction of sp³-hybridized carbons (Fsp3) is 0.375. The Bertz CT molecular complexity index is 508. The van der Waals surface area contributed by atoms with Crippen molar-refractivity contribution in [1.82, 2.24) is 0 Å². The Balaban J connectivity index is 2.25. The molecule has 0 fully saturated rings. The maximum atomic E-state index is 6.44. The van der Waals surface area contributed by atoms with Gasteiger partial charge in [0.2, 0.25) is 0 Å². The highest BCUT2D eigenvalue weighted by molar-refractivity contribution is 6.21. The normalized spacial score (nSPS) is 13.9. The third-order valence-electron chi connectivity index (χ3n) is 3.17. The summed E-state index contributed by atoms with van der Waals surface area (Å²) in [5.74, 6) is 0. The fourth-order valence-corrected chi connectivity index (χ4v) is 2.06. The zero-order valence-electron chi connectivity index (χ0n) is 10.7. The van der Waals surface area contributed by atoms with Gasteiger partial charge in [0, 0.05) is 5.38 Å². The molecule has 0 nitrogen and oxygen atoms in total. The molecule has 0 bridgehead atoms. The number of rotatable bonds is 2. The number of halogens is 1. The van der Waals surface area contributed by atoms with E-state index in [-0.39, 0.29) is 10.8 Å². The van der Waals surface area contributed by atoms with Crippen LogP contribution in [0.4, 0.5) is 0 Å². The van der Waals surface area contributed by atoms with E-state index in [0.29, 0.717) is 0 Å². The molecule has 0 N–H and O–H groups in total. The minimum absolute atomic E-state index is 0.146. The summed E-state index contributed by atoms with van der Waals surface area (Å²) in [6.07, 6.45) is 0.926. The van der Waals surface area contributed by atoms with Crippen LogP contribution in [0, 0.1) is 5.41 Å². The van der Waals surface area contributed by atoms with Gasteiger partial charge in [0.15, 0.2) is 0 Å². The quantitative estimate of drug-likeness (QED) is 0.652. The first-order chi connectivity index (χ1) is 7.97. The third kappa shape index (κ3) is 3.01. The van der Waals surface area contributed by atoms with E-state index in [2.05, 4.69) is 63.2 Å². The topological polar surface area (TPSA) is 0 Å². The molecule has 90 valence electrons. The van der Waals surface area contributed by atoms with Crippen LogP contribution >= 0.6 is 11.6 Å². The maximum Gasteiger partial charge on any atom is 0.0424 e. The summed E-state index contributed by atoms with van der Waals surface area (Å²) < 4.78 is 0. The van der Waals surface area contributed by atoms with E-state index in [1.807, 2.05) is 0 Å². The van der Waals surface area contributed by atoms with E-state index < -0.39 is 0 Å². The number of benzene rings is 2. The fourth-order valence-electron chi connectivity index (χ4n) is 1.88. The predicted octanol–water partition coefficient (Wildman–Crippen LogP) is 5.04. The summed E-state index contributed by atoms with van der Waals surface area (Å²) in [6.45, 7) is 6.56. The molecule has 0 amide bonds. The van der Waals surface area contributed by atoms with Crippen molar-refractivity contribution in [2.45, 2.75) is 32.6 Å². The number of fused-ring (bicyclic) bond motifs is 1. The largest absolute Gasteiger partial charge is 0.122 e. The number of alkyl halides is 1. The molecule has 0 saturated carbocycles. The van der Waals surface area contributed by atoms with Gasteiger partial charge in [-0.15, -0.1) is 11.6 Å². The highest BCUT2D eigenvalue weighted by Crippen LogP contribution is 2.28. The molecule has 1 unspecified atom stereocenters. The summed E-state index contributed by atoms with van der Waals surface area (Å²) in [7, 11) is 0. The number of hydrogen-bond acceptors (Lipinski definition) is 0. The summed E-state index contributed by atoms with van der Waals surface area (Å²) >= 11 is 6.44. The Hall–Kier alpha value is -1.01. The van der Waals surface area contributed by atoms with E-state index in [1.165, 1.54) is 16.3 Å². The Labute approximate surface area is 109 Å². The Morgan fingerprint density at radius 3 is 2.29 bits per heavy atom. The third-order valence-corrected chi connectivity index (χ3v) is 3.98. The van der Waals surface area contributed by atoms with Crippen LogP contribution < -0.4 is 0 Å². The van der Waals surface area contributed by atoms with Crippen molar-refractivity contribution < 1.29 is 0 Å². The van der Waals surface area contributed by atoms with Crippen LogP contribution in [0.15, 0.2) is 42.5 Å². The van der Waals surface area contributed by atoms with E-state index in [0.717, 1.165) is 6.42 Å². The second-order valence-electron chi connectivity index (χ2n) is 5.72. The highest BCUT2D eigenvalue weighted by Gasteiger charge is 2.22. The number of hydrogen-bond donors (Lipinski definition) is 0. The lowest BCUT2D eigenvalue weighted by molar-refractivity contribution is 0.386. The minimum Gasteiger partial charge on any atom is -0.122 e. The first-order valence-corrected chi connectivity index (χ1v) is 6.52. The SMILES string of the molecule is CC(C)(C)C(Cl)Cc1ccc2ccccc2c1. The monoisotopic (exact) mass is 246 g/mol. The predicted molar refractivity (Wildman–Crippen MR) is 76.7 cm³/mol. The molecule has 17 heavy (non-hydrogen) atoms. The van der Waals surface area contributed by atoms with Crippen molar-refractivity contribution in [2.75, 3.05) is 0 Å². The van der Waals surface area contributed by atoms with Crippen molar-refractivity contribution in [3.8, 4) is 0 Å². The first-order valence-electron chi connectivity index (χ1n) is 6.08. The van der Waals surface area contributed by atoms with Crippen molar-refractivity contribution >= 4 is 22.4 Å². The Morgan fingerprint density at radius 2 is 1.65 bits per heavy atom. The van der Waals surface area contributed by atoms with Crippen LogP contribution in [0.3, 0.4) is 0 Å². The van der Waals surface area contributed by atoms with Gasteiger partial charge in [0.1, 0.15) is 0 Å². The smallest absolute Gasteiger partial charge is 0.0424 e. The van der Waals surface area contributed by atoms with Crippen molar-refractivity contribution in [1.29, 1.82) is 0 Å². The van der Waals surface area contributed by atoms with E-state index in [1.54, 1.807) is 0 Å². The molecule has 0 aliphatic heterocycles. The van der Waals surface area contributed by atoms with Gasteiger partial charge in [-0.3, -0.25) is 0 Å². The van der Waals surface area contributed by atoms with Gasteiger partial charge in [-0.1, -0.05) is 63.2 Å². The summed E-state index contributed by atoms with van der Waals surface area (Å²) in [4.78, 5) is 0. The van der Waals surface area contributed by atoms with E-state index in [9.17, 15) is 0 Å². The maximum absolute atomic E-state index is 6.44. The van der Waals surface area contributed by atoms with Crippen LogP contribution in [0.2, 0.25) is 0 Å². The molecule has 2 aromatic carbocycles. The van der Waals surface area contributed by atoms with Gasteiger partial charge in [-0.25, -0.2) is 0 Å². The zero-order chi connectivity index (χ0) is 12.5. The van der Waals surface area contributed by atoms with Crippen LogP contribution in [-0.2, 0) is 6.42 Å². The van der Waals surface area contributed by atoms with Crippen LogP contribution in [-0.4, -0.2) is 5.38 Å². The molecule has 2 aromatic rings. The molecular formula is C16H19Cl. The van der Waals surface area contributed by atoms with Crippen LogP contribution in [0.1, 0.15) is 26.3 Å². The minimum atomic E-state index is 0.146. The average Bonchev–Trinajstić information content (AvgIpc) is 2.27. The highest BCUT2D eigenvalue weighted by atomic mass is 35.5. The average molecular weight is 247 g/mol. The molecule has 1 atom stereocenters. The zero-order valence-corrected chi connectivity index (χ0v) is 11.5. The van der Waals surface area contributed by atoms with Gasteiger partial charge < -0.3 is 0 Å². The first kappa shape index (κ1) is 12.4. The van der Waals surface area contributed by atoms with E-state index in [4.69, 9.17) is 11.6 Å². The van der Waals surface area contributed by atoms with Crippen molar-refractivity contribution in [3.05, 3.63) is 48.0 Å². The Morgan fingerprint density at radius 1 is 1.00 bits per heavy atom. The van der Waals surface area contributed by atoms with Gasteiger partial charge in [0.05, 0.1) is 0 Å². The molecule has 0 aliphatic carbocycles. The molecule has 0 saturated heterocycles. The molecule has 2 rings (SSSR count). The summed E-state index contributed by atoms with van der Waals surface area (Å²) in [6, 6.07) is 15.0. The molecule has 0 radical (unpaired) electrons. The van der Waals surface area contributed by atoms with Gasteiger partial charge >= 0.3 is 0 Å². The Kier molecular flexibility index (Phi) is 3.44. The lowest BCUT2D eigenvalue weighted by atomic mass is 9.87. The van der Waals surface area contributed by atoms with E-state index >= 15 is 0 Å². The summed E-state index contributed by atoms with van der Waals surface area (Å²) in [5.41, 5.74) is 1.46. The molecule has 0 spiro atoms. The lowest BCUT2D eigenvalue weighted by Crippen LogP contribution is -2.22. The second kappa shape index (κ2) is 4.70. The molecule has 0 aliphatic rings. The van der Waals surface area contributed by atoms with Crippen LogP contribution in [0.5, 0.6) is 0 Å². The molecule has 0 aromatic heterocycles. The van der Waals surface area contributed by atoms with Gasteiger partial charge in [-0.05, 0) is 28.2 Å².